The molecule has 1 fully saturated rings. The molecule has 1 atom stereocenters. The van der Waals surface area contributed by atoms with E-state index < -0.39 is 5.92 Å². The summed E-state index contributed by atoms with van der Waals surface area (Å²) in [7, 11) is 1.56. The highest BCUT2D eigenvalue weighted by Gasteiger charge is 2.31. The van der Waals surface area contributed by atoms with Crippen LogP contribution in [0.15, 0.2) is 18.2 Å². The van der Waals surface area contributed by atoms with Crippen LogP contribution in [-0.4, -0.2) is 65.7 Å². The van der Waals surface area contributed by atoms with Crippen molar-refractivity contribution in [3.63, 3.8) is 0 Å². The smallest absolute Gasteiger partial charge is 0.272 e. The van der Waals surface area contributed by atoms with E-state index in [-0.39, 0.29) is 24.3 Å². The zero-order valence-corrected chi connectivity index (χ0v) is 13.7. The van der Waals surface area contributed by atoms with Gasteiger partial charge in [-0.1, -0.05) is 6.07 Å². The van der Waals surface area contributed by atoms with E-state index in [4.69, 9.17) is 0 Å². The maximum absolute atomic E-state index is 12.7. The maximum Gasteiger partial charge on any atom is 0.272 e. The molecule has 1 aliphatic rings. The summed E-state index contributed by atoms with van der Waals surface area (Å²) < 4.78 is 0. The Hall–Kier alpha value is -2.44. The van der Waals surface area contributed by atoms with Gasteiger partial charge in [-0.05, 0) is 19.1 Å². The number of amides is 3. The van der Waals surface area contributed by atoms with Gasteiger partial charge < -0.3 is 15.1 Å². The minimum atomic E-state index is -0.444. The van der Waals surface area contributed by atoms with Crippen LogP contribution in [0.4, 0.5) is 0 Å². The minimum Gasteiger partial charge on any atom is -0.359 e. The predicted octanol–water partition coefficient (Wildman–Crippen LogP) is 0.0565. The first-order valence-electron chi connectivity index (χ1n) is 7.62. The van der Waals surface area contributed by atoms with Crippen molar-refractivity contribution >= 4 is 17.7 Å². The van der Waals surface area contributed by atoms with Crippen LogP contribution in [0.2, 0.25) is 0 Å². The summed E-state index contributed by atoms with van der Waals surface area (Å²) >= 11 is 0. The molecule has 0 aliphatic carbocycles. The van der Waals surface area contributed by atoms with E-state index in [2.05, 4.69) is 10.3 Å². The lowest BCUT2D eigenvalue weighted by Crippen LogP contribution is -2.42. The van der Waals surface area contributed by atoms with Crippen molar-refractivity contribution in [2.45, 2.75) is 13.8 Å². The number of carbonyl (C=O) groups is 3. The summed E-state index contributed by atoms with van der Waals surface area (Å²) in [6.45, 7) is 4.70. The Morgan fingerprint density at radius 1 is 1.17 bits per heavy atom. The van der Waals surface area contributed by atoms with Crippen LogP contribution in [0, 0.1) is 12.8 Å². The number of hydrogen-bond donors (Lipinski definition) is 1. The molecule has 0 radical (unpaired) electrons. The van der Waals surface area contributed by atoms with Gasteiger partial charge in [-0.25, -0.2) is 4.98 Å². The highest BCUT2D eigenvalue weighted by molar-refractivity contribution is 5.93. The molecule has 1 N–H and O–H groups in total. The molecule has 1 saturated heterocycles. The van der Waals surface area contributed by atoms with Crippen LogP contribution < -0.4 is 5.32 Å². The molecule has 0 bridgehead atoms. The van der Waals surface area contributed by atoms with Crippen molar-refractivity contribution in [2.75, 3.05) is 33.2 Å². The molecule has 124 valence electrons. The number of aryl methyl sites for hydroxylation is 1. The number of nitrogens with one attached hydrogen (secondary N) is 1. The zero-order valence-electron chi connectivity index (χ0n) is 13.7. The van der Waals surface area contributed by atoms with E-state index in [0.29, 0.717) is 25.3 Å². The van der Waals surface area contributed by atoms with Crippen molar-refractivity contribution in [2.24, 2.45) is 5.92 Å². The highest BCUT2D eigenvalue weighted by atomic mass is 16.2. The van der Waals surface area contributed by atoms with Gasteiger partial charge in [-0.15, -0.1) is 0 Å². The number of carbonyl (C=O) groups excluding carboxylic acids is 3. The first kappa shape index (κ1) is 16.9. The highest BCUT2D eigenvalue weighted by Crippen LogP contribution is 2.13. The molecule has 7 nitrogen and oxygen atoms in total. The lowest BCUT2D eigenvalue weighted by atomic mass is 10.1. The van der Waals surface area contributed by atoms with E-state index >= 15 is 0 Å². The minimum absolute atomic E-state index is 0.0955. The summed E-state index contributed by atoms with van der Waals surface area (Å²) in [6, 6.07) is 5.27. The van der Waals surface area contributed by atoms with Crippen LogP contribution in [0.1, 0.15) is 23.1 Å². The van der Waals surface area contributed by atoms with Gasteiger partial charge in [-0.2, -0.15) is 0 Å². The van der Waals surface area contributed by atoms with Gasteiger partial charge in [0, 0.05) is 45.8 Å². The molecule has 7 heteroatoms. The number of rotatable bonds is 2. The van der Waals surface area contributed by atoms with Crippen molar-refractivity contribution in [3.8, 4) is 0 Å². The Morgan fingerprint density at radius 3 is 2.43 bits per heavy atom. The average Bonchev–Trinajstić information content (AvgIpc) is 2.76. The second-order valence-electron chi connectivity index (χ2n) is 5.69. The lowest BCUT2D eigenvalue weighted by molar-refractivity contribution is -0.130. The lowest BCUT2D eigenvalue weighted by Gasteiger charge is -2.23. The number of aromatic nitrogens is 1. The third-order valence-corrected chi connectivity index (χ3v) is 3.98. The summed E-state index contributed by atoms with van der Waals surface area (Å²) in [5, 5.41) is 2.60. The molecule has 0 spiro atoms. The van der Waals surface area contributed by atoms with Crippen molar-refractivity contribution in [1.29, 1.82) is 0 Å². The maximum atomic E-state index is 12.7. The summed E-state index contributed by atoms with van der Waals surface area (Å²) in [6.07, 6.45) is 0. The molecule has 1 aromatic rings. The quantitative estimate of drug-likeness (QED) is 0.836. The van der Waals surface area contributed by atoms with Gasteiger partial charge >= 0.3 is 0 Å². The Labute approximate surface area is 135 Å². The fourth-order valence-electron chi connectivity index (χ4n) is 2.68. The van der Waals surface area contributed by atoms with Gasteiger partial charge in [0.2, 0.25) is 11.8 Å². The fraction of sp³-hybridized carbons (Fsp3) is 0.500. The normalized spacial score (nSPS) is 18.3. The van der Waals surface area contributed by atoms with E-state index in [9.17, 15) is 14.4 Å². The molecular weight excluding hydrogens is 296 g/mol. The van der Waals surface area contributed by atoms with Crippen LogP contribution in [0.25, 0.3) is 0 Å². The average molecular weight is 318 g/mol. The largest absolute Gasteiger partial charge is 0.359 e. The topological polar surface area (TPSA) is 82.6 Å². The second-order valence-corrected chi connectivity index (χ2v) is 5.69. The third kappa shape index (κ3) is 4.06. The molecular formula is C16H22N4O3. The fourth-order valence-corrected chi connectivity index (χ4v) is 2.68. The summed E-state index contributed by atoms with van der Waals surface area (Å²) in [4.78, 5) is 43.8. The van der Waals surface area contributed by atoms with Gasteiger partial charge in [0.15, 0.2) is 0 Å². The number of nitrogens with zero attached hydrogens (tertiary/aromatic N) is 3. The molecule has 2 rings (SSSR count). The van der Waals surface area contributed by atoms with Crippen LogP contribution in [0.5, 0.6) is 0 Å². The molecule has 23 heavy (non-hydrogen) atoms. The van der Waals surface area contributed by atoms with E-state index in [1.807, 2.05) is 13.0 Å². The first-order chi connectivity index (χ1) is 10.9. The van der Waals surface area contributed by atoms with Gasteiger partial charge in [0.05, 0.1) is 5.92 Å². The van der Waals surface area contributed by atoms with Crippen LogP contribution in [-0.2, 0) is 9.59 Å². The van der Waals surface area contributed by atoms with Crippen LogP contribution >= 0.6 is 0 Å². The summed E-state index contributed by atoms with van der Waals surface area (Å²) in [5.41, 5.74) is 1.12. The molecule has 1 aliphatic heterocycles. The Kier molecular flexibility index (Phi) is 5.31. The molecule has 1 unspecified atom stereocenters. The third-order valence-electron chi connectivity index (χ3n) is 3.98. The van der Waals surface area contributed by atoms with E-state index in [1.165, 1.54) is 6.92 Å². The monoisotopic (exact) mass is 318 g/mol. The molecule has 2 heterocycles. The Balaban J connectivity index is 2.22. The molecule has 1 aromatic heterocycles. The number of hydrogen-bond acceptors (Lipinski definition) is 4. The van der Waals surface area contributed by atoms with E-state index in [1.54, 1.807) is 29.0 Å². The van der Waals surface area contributed by atoms with Gasteiger partial charge in [-0.3, -0.25) is 14.4 Å². The van der Waals surface area contributed by atoms with Crippen molar-refractivity contribution < 1.29 is 14.4 Å². The van der Waals surface area contributed by atoms with Crippen LogP contribution in [0.3, 0.4) is 0 Å². The molecule has 3 amide bonds. The molecule has 0 saturated carbocycles. The summed E-state index contributed by atoms with van der Waals surface area (Å²) in [5.74, 6) is -0.928. The Bertz CT molecular complexity index is 617. The van der Waals surface area contributed by atoms with Gasteiger partial charge in [0.1, 0.15) is 5.69 Å². The Morgan fingerprint density at radius 2 is 1.83 bits per heavy atom. The van der Waals surface area contributed by atoms with Crippen molar-refractivity contribution in [1.82, 2.24) is 20.1 Å². The predicted molar refractivity (Wildman–Crippen MR) is 84.7 cm³/mol. The first-order valence-corrected chi connectivity index (χ1v) is 7.62. The van der Waals surface area contributed by atoms with E-state index in [0.717, 1.165) is 5.69 Å². The van der Waals surface area contributed by atoms with Gasteiger partial charge in [0.25, 0.3) is 5.91 Å². The number of pyridine rings is 1. The molecule has 0 aromatic carbocycles. The second kappa shape index (κ2) is 7.21. The standard InChI is InChI=1S/C16H22N4O3/c1-11-5-4-6-14(18-11)16(23)20-8-7-19(12(2)21)9-13(10-20)15(22)17-3/h4-6,13H,7-10H2,1-3H3,(H,17,22). The SMILES string of the molecule is CNC(=O)C1CN(C(C)=O)CCN(C(=O)c2cccc(C)n2)C1. The zero-order chi connectivity index (χ0) is 17.0. The van der Waals surface area contributed by atoms with Crippen molar-refractivity contribution in [3.05, 3.63) is 29.6 Å².